The fourth-order valence-electron chi connectivity index (χ4n) is 2.97. The highest BCUT2D eigenvalue weighted by Crippen LogP contribution is 2.19. The van der Waals surface area contributed by atoms with Crippen LogP contribution in [-0.4, -0.2) is 17.9 Å². The zero-order valence-corrected chi connectivity index (χ0v) is 17.7. The number of rotatable bonds is 6. The van der Waals surface area contributed by atoms with E-state index in [-0.39, 0.29) is 11.8 Å². The second-order valence-electron chi connectivity index (χ2n) is 7.41. The van der Waals surface area contributed by atoms with Crippen LogP contribution in [0.25, 0.3) is 0 Å². The summed E-state index contributed by atoms with van der Waals surface area (Å²) in [6.07, 6.45) is -0.682. The Morgan fingerprint density at radius 2 is 1.43 bits per heavy atom. The Balaban J connectivity index is 1.58. The molecule has 5 heteroatoms. The first-order valence-corrected chi connectivity index (χ1v) is 9.84. The van der Waals surface area contributed by atoms with Crippen molar-refractivity contribution in [3.05, 3.63) is 89.0 Å². The second kappa shape index (κ2) is 9.27. The number of aryl methyl sites for hydroxylation is 3. The summed E-state index contributed by atoms with van der Waals surface area (Å²) in [7, 11) is 0. The van der Waals surface area contributed by atoms with Crippen LogP contribution in [-0.2, 0) is 4.79 Å². The lowest BCUT2D eigenvalue weighted by Gasteiger charge is -2.16. The first kappa shape index (κ1) is 21.1. The molecule has 0 unspecified atom stereocenters. The van der Waals surface area contributed by atoms with Crippen LogP contribution >= 0.6 is 0 Å². The third-order valence-electron chi connectivity index (χ3n) is 4.75. The summed E-state index contributed by atoms with van der Waals surface area (Å²) in [5.74, 6) is 0.0827. The zero-order chi connectivity index (χ0) is 21.7. The van der Waals surface area contributed by atoms with E-state index in [9.17, 15) is 9.59 Å². The van der Waals surface area contributed by atoms with E-state index in [4.69, 9.17) is 4.74 Å². The van der Waals surface area contributed by atoms with Gasteiger partial charge >= 0.3 is 0 Å². The monoisotopic (exact) mass is 402 g/mol. The third-order valence-corrected chi connectivity index (χ3v) is 4.75. The molecular formula is C25H26N2O3. The summed E-state index contributed by atoms with van der Waals surface area (Å²) in [5.41, 5.74) is 5.29. The fraction of sp³-hybridized carbons (Fsp3) is 0.200. The number of carbonyl (C=O) groups excluding carboxylic acids is 2. The Labute approximate surface area is 177 Å². The van der Waals surface area contributed by atoms with Gasteiger partial charge in [0.2, 0.25) is 0 Å². The molecule has 3 aromatic carbocycles. The van der Waals surface area contributed by atoms with Gasteiger partial charge in [0.1, 0.15) is 5.75 Å². The molecule has 5 nitrogen and oxygen atoms in total. The van der Waals surface area contributed by atoms with Crippen LogP contribution in [0, 0.1) is 20.8 Å². The molecule has 3 rings (SSSR count). The SMILES string of the molecule is Cc1ccc(NC(=O)c2ccc(O[C@@H](C)C(=O)Nc3ccc(C)cc3C)cc2)cc1. The van der Waals surface area contributed by atoms with Crippen molar-refractivity contribution in [1.29, 1.82) is 0 Å². The van der Waals surface area contributed by atoms with Gasteiger partial charge in [-0.3, -0.25) is 9.59 Å². The van der Waals surface area contributed by atoms with Crippen LogP contribution in [0.2, 0.25) is 0 Å². The van der Waals surface area contributed by atoms with E-state index in [1.807, 2.05) is 63.2 Å². The van der Waals surface area contributed by atoms with Crippen LogP contribution in [0.1, 0.15) is 34.0 Å². The van der Waals surface area contributed by atoms with Gasteiger partial charge in [-0.25, -0.2) is 0 Å². The van der Waals surface area contributed by atoms with Crippen molar-refractivity contribution in [3.63, 3.8) is 0 Å². The first-order chi connectivity index (χ1) is 14.3. The number of carbonyl (C=O) groups is 2. The average molecular weight is 402 g/mol. The maximum Gasteiger partial charge on any atom is 0.265 e. The van der Waals surface area contributed by atoms with Crippen molar-refractivity contribution in [2.45, 2.75) is 33.8 Å². The minimum Gasteiger partial charge on any atom is -0.481 e. The lowest BCUT2D eigenvalue weighted by Crippen LogP contribution is -2.30. The molecule has 30 heavy (non-hydrogen) atoms. The molecule has 0 radical (unpaired) electrons. The van der Waals surface area contributed by atoms with Gasteiger partial charge in [-0.1, -0.05) is 35.4 Å². The molecule has 0 aromatic heterocycles. The van der Waals surface area contributed by atoms with Crippen molar-refractivity contribution in [1.82, 2.24) is 0 Å². The molecule has 2 N–H and O–H groups in total. The zero-order valence-electron chi connectivity index (χ0n) is 17.7. The van der Waals surface area contributed by atoms with Gasteiger partial charge in [-0.2, -0.15) is 0 Å². The molecule has 1 atom stereocenters. The largest absolute Gasteiger partial charge is 0.481 e. The highest BCUT2D eigenvalue weighted by Gasteiger charge is 2.16. The standard InChI is InChI=1S/C25H26N2O3/c1-16-5-10-21(11-6-16)26-25(29)20-8-12-22(13-9-20)30-19(4)24(28)27-23-14-7-17(2)15-18(23)3/h5-15,19H,1-4H3,(H,26,29)(H,27,28)/t19-/m0/s1. The highest BCUT2D eigenvalue weighted by molar-refractivity contribution is 6.04. The lowest BCUT2D eigenvalue weighted by molar-refractivity contribution is -0.122. The van der Waals surface area contributed by atoms with E-state index in [0.29, 0.717) is 11.3 Å². The van der Waals surface area contributed by atoms with Crippen LogP contribution < -0.4 is 15.4 Å². The maximum atomic E-state index is 12.5. The van der Waals surface area contributed by atoms with Crippen molar-refractivity contribution < 1.29 is 14.3 Å². The number of anilines is 2. The first-order valence-electron chi connectivity index (χ1n) is 9.84. The predicted molar refractivity (Wildman–Crippen MR) is 120 cm³/mol. The molecule has 0 aliphatic rings. The Hall–Kier alpha value is -3.60. The molecule has 3 aromatic rings. The third kappa shape index (κ3) is 5.47. The number of hydrogen-bond acceptors (Lipinski definition) is 3. The van der Waals surface area contributed by atoms with Crippen molar-refractivity contribution >= 4 is 23.2 Å². The summed E-state index contributed by atoms with van der Waals surface area (Å²) in [6, 6.07) is 20.2. The number of nitrogens with one attached hydrogen (secondary N) is 2. The molecule has 0 aliphatic heterocycles. The average Bonchev–Trinajstić information content (AvgIpc) is 2.72. The van der Waals surface area contributed by atoms with Crippen molar-refractivity contribution in [2.75, 3.05) is 10.6 Å². The summed E-state index contributed by atoms with van der Waals surface area (Å²) in [6.45, 7) is 7.65. The smallest absolute Gasteiger partial charge is 0.265 e. The van der Waals surface area contributed by atoms with Gasteiger partial charge < -0.3 is 15.4 Å². The van der Waals surface area contributed by atoms with Crippen LogP contribution in [0.15, 0.2) is 66.7 Å². The van der Waals surface area contributed by atoms with E-state index in [0.717, 1.165) is 28.1 Å². The van der Waals surface area contributed by atoms with E-state index >= 15 is 0 Å². The predicted octanol–water partition coefficient (Wildman–Crippen LogP) is 5.27. The molecule has 0 spiro atoms. The Morgan fingerprint density at radius 1 is 0.800 bits per heavy atom. The van der Waals surface area contributed by atoms with Gasteiger partial charge in [0.25, 0.3) is 11.8 Å². The van der Waals surface area contributed by atoms with Crippen LogP contribution in [0.5, 0.6) is 5.75 Å². The quantitative estimate of drug-likeness (QED) is 0.590. The minimum absolute atomic E-state index is 0.203. The summed E-state index contributed by atoms with van der Waals surface area (Å²) >= 11 is 0. The second-order valence-corrected chi connectivity index (χ2v) is 7.41. The molecular weight excluding hydrogens is 376 g/mol. The van der Waals surface area contributed by atoms with Gasteiger partial charge in [0.15, 0.2) is 6.10 Å². The van der Waals surface area contributed by atoms with E-state index in [1.54, 1.807) is 31.2 Å². The highest BCUT2D eigenvalue weighted by atomic mass is 16.5. The number of amides is 2. The molecule has 0 saturated heterocycles. The number of benzene rings is 3. The molecule has 154 valence electrons. The van der Waals surface area contributed by atoms with E-state index in [1.165, 1.54) is 0 Å². The molecule has 0 aliphatic carbocycles. The lowest BCUT2D eigenvalue weighted by atomic mass is 10.1. The Morgan fingerprint density at radius 3 is 2.07 bits per heavy atom. The van der Waals surface area contributed by atoms with Crippen molar-refractivity contribution in [3.8, 4) is 5.75 Å². The van der Waals surface area contributed by atoms with Gasteiger partial charge in [-0.05, 0) is 75.7 Å². The fourth-order valence-corrected chi connectivity index (χ4v) is 2.97. The molecule has 0 saturated carbocycles. The molecule has 0 bridgehead atoms. The summed E-state index contributed by atoms with van der Waals surface area (Å²) < 4.78 is 5.73. The minimum atomic E-state index is -0.682. The van der Waals surface area contributed by atoms with E-state index < -0.39 is 6.10 Å². The van der Waals surface area contributed by atoms with Crippen LogP contribution in [0.3, 0.4) is 0 Å². The molecule has 2 amide bonds. The Kier molecular flexibility index (Phi) is 6.52. The summed E-state index contributed by atoms with van der Waals surface area (Å²) in [4.78, 5) is 24.8. The summed E-state index contributed by atoms with van der Waals surface area (Å²) in [5, 5.41) is 5.75. The van der Waals surface area contributed by atoms with Crippen molar-refractivity contribution in [2.24, 2.45) is 0 Å². The van der Waals surface area contributed by atoms with Crippen LogP contribution in [0.4, 0.5) is 11.4 Å². The molecule has 0 heterocycles. The molecule has 0 fully saturated rings. The number of ether oxygens (including phenoxy) is 1. The van der Waals surface area contributed by atoms with Gasteiger partial charge in [0, 0.05) is 16.9 Å². The van der Waals surface area contributed by atoms with E-state index in [2.05, 4.69) is 10.6 Å². The van der Waals surface area contributed by atoms with Gasteiger partial charge in [-0.15, -0.1) is 0 Å². The maximum absolute atomic E-state index is 12.5. The van der Waals surface area contributed by atoms with Gasteiger partial charge in [0.05, 0.1) is 0 Å². The Bertz CT molecular complexity index is 1040. The topological polar surface area (TPSA) is 67.4 Å². The normalized spacial score (nSPS) is 11.5. The number of hydrogen-bond donors (Lipinski definition) is 2.